The third-order valence-electron chi connectivity index (χ3n) is 1.17. The summed E-state index contributed by atoms with van der Waals surface area (Å²) in [6.07, 6.45) is 1.64. The van der Waals surface area contributed by atoms with E-state index in [1.165, 1.54) is 0 Å². The lowest BCUT2D eigenvalue weighted by Gasteiger charge is -1.98. The zero-order valence-corrected chi connectivity index (χ0v) is 8.04. The Morgan fingerprint density at radius 2 is 2.36 bits per heavy atom. The minimum Gasteiger partial charge on any atom is -0.230 e. The van der Waals surface area contributed by atoms with Gasteiger partial charge in [-0.25, -0.2) is 9.97 Å². The first kappa shape index (κ1) is 8.81. The van der Waals surface area contributed by atoms with Gasteiger partial charge in [0.15, 0.2) is 5.16 Å². The molecule has 0 atom stereocenters. The van der Waals surface area contributed by atoms with Crippen LogP contribution in [0.4, 0.5) is 0 Å². The molecule has 0 fully saturated rings. The largest absolute Gasteiger partial charge is 0.230 e. The van der Waals surface area contributed by atoms with Crippen molar-refractivity contribution in [3.8, 4) is 0 Å². The Balaban J connectivity index is 2.86. The second-order valence-corrected chi connectivity index (χ2v) is 3.66. The molecule has 11 heavy (non-hydrogen) atoms. The molecule has 0 radical (unpaired) electrons. The molecule has 0 N–H and O–H groups in total. The number of thioether (sulfide) groups is 1. The number of halogens is 1. The van der Waals surface area contributed by atoms with E-state index in [4.69, 9.17) is 11.6 Å². The summed E-state index contributed by atoms with van der Waals surface area (Å²) >= 11 is 7.36. The number of hydrogen-bond acceptors (Lipinski definition) is 3. The molecule has 0 amide bonds. The molecule has 1 rings (SSSR count). The Bertz CT molecular complexity index is 252. The van der Waals surface area contributed by atoms with Gasteiger partial charge in [0.1, 0.15) is 0 Å². The minimum atomic E-state index is 0.630. The lowest BCUT2D eigenvalue weighted by Crippen LogP contribution is -1.89. The van der Waals surface area contributed by atoms with Crippen molar-refractivity contribution in [2.75, 3.05) is 5.75 Å². The van der Waals surface area contributed by atoms with Gasteiger partial charge >= 0.3 is 0 Å². The average Bonchev–Trinajstić information content (AvgIpc) is 1.98. The van der Waals surface area contributed by atoms with Crippen LogP contribution in [0.15, 0.2) is 11.4 Å². The molecule has 2 nitrogen and oxygen atoms in total. The van der Waals surface area contributed by atoms with E-state index in [1.54, 1.807) is 18.0 Å². The van der Waals surface area contributed by atoms with E-state index in [0.717, 1.165) is 16.6 Å². The Labute approximate surface area is 75.4 Å². The van der Waals surface area contributed by atoms with Crippen LogP contribution in [0.2, 0.25) is 5.02 Å². The molecule has 1 heterocycles. The summed E-state index contributed by atoms with van der Waals surface area (Å²) in [5, 5.41) is 1.43. The van der Waals surface area contributed by atoms with Crippen LogP contribution in [-0.4, -0.2) is 15.7 Å². The number of aromatic nitrogens is 2. The van der Waals surface area contributed by atoms with Crippen molar-refractivity contribution in [3.63, 3.8) is 0 Å². The van der Waals surface area contributed by atoms with Gasteiger partial charge in [0.05, 0.1) is 16.9 Å². The smallest absolute Gasteiger partial charge is 0.187 e. The molecule has 1 aromatic rings. The summed E-state index contributed by atoms with van der Waals surface area (Å²) in [5.74, 6) is 0.987. The van der Waals surface area contributed by atoms with Crippen LogP contribution < -0.4 is 0 Å². The monoisotopic (exact) mass is 188 g/mol. The normalized spacial score (nSPS) is 10.1. The van der Waals surface area contributed by atoms with Crippen molar-refractivity contribution in [2.45, 2.75) is 19.0 Å². The van der Waals surface area contributed by atoms with Crippen LogP contribution in [0.1, 0.15) is 12.6 Å². The van der Waals surface area contributed by atoms with Crippen molar-refractivity contribution >= 4 is 23.4 Å². The maximum absolute atomic E-state index is 5.75. The standard InChI is InChI=1S/C7H9ClN2S/c1-3-11-7-9-4-6(8)5(2)10-7/h4H,3H2,1-2H3. The van der Waals surface area contributed by atoms with Crippen molar-refractivity contribution in [2.24, 2.45) is 0 Å². The van der Waals surface area contributed by atoms with E-state index in [1.807, 2.05) is 6.92 Å². The second-order valence-electron chi connectivity index (χ2n) is 2.02. The molecule has 0 aliphatic carbocycles. The maximum Gasteiger partial charge on any atom is 0.187 e. The topological polar surface area (TPSA) is 25.8 Å². The number of hydrogen-bond donors (Lipinski definition) is 0. The quantitative estimate of drug-likeness (QED) is 0.527. The van der Waals surface area contributed by atoms with E-state index >= 15 is 0 Å². The molecule has 4 heteroatoms. The van der Waals surface area contributed by atoms with Gasteiger partial charge in [0.25, 0.3) is 0 Å². The SMILES string of the molecule is CCSc1ncc(Cl)c(C)n1. The first-order valence-electron chi connectivity index (χ1n) is 3.36. The van der Waals surface area contributed by atoms with Crippen LogP contribution in [0.3, 0.4) is 0 Å². The fourth-order valence-corrected chi connectivity index (χ4v) is 1.31. The zero-order valence-electron chi connectivity index (χ0n) is 6.47. The highest BCUT2D eigenvalue weighted by Gasteiger charge is 1.99. The fourth-order valence-electron chi connectivity index (χ4n) is 0.630. The third kappa shape index (κ3) is 2.34. The molecule has 1 aromatic heterocycles. The lowest BCUT2D eigenvalue weighted by atomic mass is 10.5. The molecular weight excluding hydrogens is 180 g/mol. The van der Waals surface area contributed by atoms with Crippen molar-refractivity contribution < 1.29 is 0 Å². The van der Waals surface area contributed by atoms with Gasteiger partial charge in [-0.3, -0.25) is 0 Å². The van der Waals surface area contributed by atoms with Crippen molar-refractivity contribution in [1.82, 2.24) is 9.97 Å². The molecule has 0 saturated carbocycles. The first-order valence-corrected chi connectivity index (χ1v) is 4.72. The Morgan fingerprint density at radius 1 is 1.64 bits per heavy atom. The molecule has 0 spiro atoms. The van der Waals surface area contributed by atoms with E-state index in [0.29, 0.717) is 5.02 Å². The highest BCUT2D eigenvalue weighted by Crippen LogP contribution is 2.16. The van der Waals surface area contributed by atoms with Gasteiger partial charge in [0.2, 0.25) is 0 Å². The average molecular weight is 189 g/mol. The van der Waals surface area contributed by atoms with E-state index in [2.05, 4.69) is 16.9 Å². The molecule has 0 aromatic carbocycles. The number of aryl methyl sites for hydroxylation is 1. The summed E-state index contributed by atoms with van der Waals surface area (Å²) in [6, 6.07) is 0. The Hall–Kier alpha value is -0.280. The van der Waals surface area contributed by atoms with E-state index < -0.39 is 0 Å². The van der Waals surface area contributed by atoms with Gasteiger partial charge in [0, 0.05) is 0 Å². The highest BCUT2D eigenvalue weighted by molar-refractivity contribution is 7.99. The van der Waals surface area contributed by atoms with Gasteiger partial charge in [-0.15, -0.1) is 0 Å². The second kappa shape index (κ2) is 3.93. The molecular formula is C7H9ClN2S. The summed E-state index contributed by atoms with van der Waals surface area (Å²) < 4.78 is 0. The van der Waals surface area contributed by atoms with Gasteiger partial charge < -0.3 is 0 Å². The predicted octanol–water partition coefficient (Wildman–Crippen LogP) is 2.55. The number of nitrogens with zero attached hydrogens (tertiary/aromatic N) is 2. The molecule has 0 unspecified atom stereocenters. The fraction of sp³-hybridized carbons (Fsp3) is 0.429. The van der Waals surface area contributed by atoms with Crippen LogP contribution in [0.5, 0.6) is 0 Å². The van der Waals surface area contributed by atoms with Crippen LogP contribution in [0.25, 0.3) is 0 Å². The maximum atomic E-state index is 5.75. The first-order chi connectivity index (χ1) is 5.24. The third-order valence-corrected chi connectivity index (χ3v) is 2.29. The molecule has 0 bridgehead atoms. The van der Waals surface area contributed by atoms with E-state index in [-0.39, 0.29) is 0 Å². The van der Waals surface area contributed by atoms with Crippen molar-refractivity contribution in [3.05, 3.63) is 16.9 Å². The summed E-state index contributed by atoms with van der Waals surface area (Å²) in [6.45, 7) is 3.95. The highest BCUT2D eigenvalue weighted by atomic mass is 35.5. The van der Waals surface area contributed by atoms with Crippen LogP contribution >= 0.6 is 23.4 Å². The zero-order chi connectivity index (χ0) is 8.27. The summed E-state index contributed by atoms with van der Waals surface area (Å²) in [4.78, 5) is 8.23. The summed E-state index contributed by atoms with van der Waals surface area (Å²) in [5.41, 5.74) is 0.845. The van der Waals surface area contributed by atoms with Gasteiger partial charge in [-0.1, -0.05) is 30.3 Å². The Kier molecular flexibility index (Phi) is 3.15. The van der Waals surface area contributed by atoms with Crippen LogP contribution in [-0.2, 0) is 0 Å². The molecule has 60 valence electrons. The minimum absolute atomic E-state index is 0.630. The molecule has 0 saturated heterocycles. The van der Waals surface area contributed by atoms with E-state index in [9.17, 15) is 0 Å². The van der Waals surface area contributed by atoms with Gasteiger partial charge in [-0.2, -0.15) is 0 Å². The predicted molar refractivity (Wildman–Crippen MR) is 48.2 cm³/mol. The lowest BCUT2D eigenvalue weighted by molar-refractivity contribution is 0.933. The van der Waals surface area contributed by atoms with Crippen molar-refractivity contribution in [1.29, 1.82) is 0 Å². The van der Waals surface area contributed by atoms with Gasteiger partial charge in [-0.05, 0) is 12.7 Å². The van der Waals surface area contributed by atoms with Crippen LogP contribution in [0, 0.1) is 6.92 Å². The number of rotatable bonds is 2. The molecule has 0 aliphatic heterocycles. The Morgan fingerprint density at radius 3 is 2.91 bits per heavy atom. The molecule has 0 aliphatic rings. The summed E-state index contributed by atoms with van der Waals surface area (Å²) in [7, 11) is 0.